The highest BCUT2D eigenvalue weighted by Crippen LogP contribution is 2.31. The number of esters is 1. The summed E-state index contributed by atoms with van der Waals surface area (Å²) in [6.45, 7) is 1.45. The molecule has 3 aromatic rings. The first-order valence-electron chi connectivity index (χ1n) is 7.60. The normalized spacial score (nSPS) is 12.0. The van der Waals surface area contributed by atoms with Gasteiger partial charge in [-0.05, 0) is 36.8 Å². The summed E-state index contributed by atoms with van der Waals surface area (Å²) in [6.07, 6.45) is -0.943. The lowest BCUT2D eigenvalue weighted by atomic mass is 10.1. The Morgan fingerprint density at radius 2 is 1.92 bits per heavy atom. The van der Waals surface area contributed by atoms with Gasteiger partial charge in [0.25, 0.3) is 5.91 Å². The fourth-order valence-corrected chi connectivity index (χ4v) is 4.11. The second kappa shape index (κ2) is 7.67. The summed E-state index contributed by atoms with van der Waals surface area (Å²) in [4.78, 5) is 27.4. The van der Waals surface area contributed by atoms with E-state index in [0.29, 0.717) is 5.56 Å². The van der Waals surface area contributed by atoms with Crippen molar-refractivity contribution in [3.63, 3.8) is 0 Å². The highest BCUT2D eigenvalue weighted by molar-refractivity contribution is 8.00. The maximum Gasteiger partial charge on any atom is 0.338 e. The third-order valence-electron chi connectivity index (χ3n) is 3.51. The molecule has 1 amide bonds. The van der Waals surface area contributed by atoms with Crippen LogP contribution in [0.2, 0.25) is 0 Å². The van der Waals surface area contributed by atoms with Crippen LogP contribution < -0.4 is 5.73 Å². The summed E-state index contributed by atoms with van der Waals surface area (Å²) in [5, 5.41) is 0. The van der Waals surface area contributed by atoms with Crippen molar-refractivity contribution in [1.82, 2.24) is 4.98 Å². The van der Waals surface area contributed by atoms with Gasteiger partial charge in [-0.25, -0.2) is 9.78 Å². The number of amides is 1. The first-order valence-corrected chi connectivity index (χ1v) is 9.41. The average molecular weight is 372 g/mol. The molecule has 1 aromatic heterocycles. The molecule has 25 heavy (non-hydrogen) atoms. The van der Waals surface area contributed by atoms with Gasteiger partial charge in [0.1, 0.15) is 0 Å². The molecule has 0 spiro atoms. The van der Waals surface area contributed by atoms with E-state index < -0.39 is 18.0 Å². The number of thiazole rings is 1. The molecule has 2 N–H and O–H groups in total. The molecule has 0 unspecified atom stereocenters. The summed E-state index contributed by atoms with van der Waals surface area (Å²) in [7, 11) is 0. The minimum absolute atomic E-state index is 0.391. The van der Waals surface area contributed by atoms with Crippen molar-refractivity contribution in [1.29, 1.82) is 0 Å². The van der Waals surface area contributed by atoms with Gasteiger partial charge < -0.3 is 10.5 Å². The van der Waals surface area contributed by atoms with E-state index in [1.165, 1.54) is 11.6 Å². The number of nitrogens with two attached hydrogens (primary N) is 1. The molecule has 5 nitrogen and oxygen atoms in total. The Balaban J connectivity index is 1.60. The minimum atomic E-state index is -0.943. The summed E-state index contributed by atoms with van der Waals surface area (Å²) in [5.74, 6) is -0.471. The number of primary amides is 1. The number of benzene rings is 2. The van der Waals surface area contributed by atoms with Gasteiger partial charge in [-0.2, -0.15) is 0 Å². The van der Waals surface area contributed by atoms with E-state index in [9.17, 15) is 9.59 Å². The van der Waals surface area contributed by atoms with Crippen molar-refractivity contribution in [3.05, 3.63) is 59.7 Å². The van der Waals surface area contributed by atoms with E-state index in [2.05, 4.69) is 11.1 Å². The van der Waals surface area contributed by atoms with Gasteiger partial charge in [-0.1, -0.05) is 36.0 Å². The van der Waals surface area contributed by atoms with Gasteiger partial charge >= 0.3 is 5.97 Å². The second-order valence-corrected chi connectivity index (χ2v) is 7.64. The van der Waals surface area contributed by atoms with Gasteiger partial charge in [-0.15, -0.1) is 11.3 Å². The fraction of sp³-hybridized carbons (Fsp3) is 0.167. The lowest BCUT2D eigenvalue weighted by molar-refractivity contribution is -0.125. The number of thioether (sulfide) groups is 1. The molecule has 0 fully saturated rings. The van der Waals surface area contributed by atoms with Gasteiger partial charge in [-0.3, -0.25) is 4.79 Å². The number of hydrogen-bond acceptors (Lipinski definition) is 6. The number of carbonyl (C=O) groups is 2. The van der Waals surface area contributed by atoms with E-state index in [-0.39, 0.29) is 0 Å². The Hall–Kier alpha value is -2.38. The molecule has 0 radical (unpaired) electrons. The molecule has 0 aliphatic rings. The van der Waals surface area contributed by atoms with Crippen molar-refractivity contribution < 1.29 is 14.3 Å². The SMILES string of the molecule is C[C@@H](OC(=O)c1ccc(CSc2nc3ccccc3s2)cc1)C(N)=O. The van der Waals surface area contributed by atoms with E-state index in [1.807, 2.05) is 30.3 Å². The van der Waals surface area contributed by atoms with Crippen LogP contribution in [-0.4, -0.2) is 23.0 Å². The number of nitrogens with zero attached hydrogens (tertiary/aromatic N) is 1. The predicted molar refractivity (Wildman–Crippen MR) is 99.7 cm³/mol. The summed E-state index contributed by atoms with van der Waals surface area (Å²) >= 11 is 3.33. The summed E-state index contributed by atoms with van der Waals surface area (Å²) < 4.78 is 7.16. The van der Waals surface area contributed by atoms with Crippen molar-refractivity contribution in [2.75, 3.05) is 0 Å². The molecule has 0 aliphatic heterocycles. The van der Waals surface area contributed by atoms with E-state index in [0.717, 1.165) is 21.2 Å². The van der Waals surface area contributed by atoms with Crippen LogP contribution in [0, 0.1) is 0 Å². The standard InChI is InChI=1S/C18H16N2O3S2/c1-11(16(19)21)23-17(22)13-8-6-12(7-9-13)10-24-18-20-14-4-2-3-5-15(14)25-18/h2-9,11H,10H2,1H3,(H2,19,21)/t11-/m1/s1. The molecular weight excluding hydrogens is 356 g/mol. The molecule has 0 bridgehead atoms. The van der Waals surface area contributed by atoms with Gasteiger partial charge in [0.15, 0.2) is 10.4 Å². The highest BCUT2D eigenvalue weighted by atomic mass is 32.2. The van der Waals surface area contributed by atoms with Gasteiger partial charge in [0.2, 0.25) is 0 Å². The zero-order valence-electron chi connectivity index (χ0n) is 13.5. The lowest BCUT2D eigenvalue weighted by Gasteiger charge is -2.09. The predicted octanol–water partition coefficient (Wildman–Crippen LogP) is 3.62. The van der Waals surface area contributed by atoms with Crippen LogP contribution in [0.3, 0.4) is 0 Å². The molecule has 0 saturated carbocycles. The number of ether oxygens (including phenoxy) is 1. The first kappa shape index (κ1) is 17.4. The van der Waals surface area contributed by atoms with Crippen molar-refractivity contribution >= 4 is 45.2 Å². The molecule has 0 saturated heterocycles. The van der Waals surface area contributed by atoms with Gasteiger partial charge in [0.05, 0.1) is 15.8 Å². The fourth-order valence-electron chi connectivity index (χ4n) is 2.08. The minimum Gasteiger partial charge on any atom is -0.449 e. The summed E-state index contributed by atoms with van der Waals surface area (Å²) in [6, 6.07) is 15.2. The molecular formula is C18H16N2O3S2. The molecule has 3 rings (SSSR count). The van der Waals surface area contributed by atoms with Gasteiger partial charge in [0, 0.05) is 5.75 Å². The Labute approximate surface area is 153 Å². The van der Waals surface area contributed by atoms with Crippen molar-refractivity contribution in [3.8, 4) is 0 Å². The van der Waals surface area contributed by atoms with E-state index >= 15 is 0 Å². The molecule has 1 heterocycles. The zero-order chi connectivity index (χ0) is 17.8. The number of fused-ring (bicyclic) bond motifs is 1. The lowest BCUT2D eigenvalue weighted by Crippen LogP contribution is -2.30. The molecule has 2 aromatic carbocycles. The molecule has 0 aliphatic carbocycles. The van der Waals surface area contributed by atoms with E-state index in [1.54, 1.807) is 35.2 Å². The third-order valence-corrected chi connectivity index (χ3v) is 5.76. The number of carbonyl (C=O) groups excluding carboxylic acids is 2. The second-order valence-electron chi connectivity index (χ2n) is 5.38. The number of aromatic nitrogens is 1. The molecule has 128 valence electrons. The Morgan fingerprint density at radius 1 is 1.20 bits per heavy atom. The largest absolute Gasteiger partial charge is 0.449 e. The Bertz CT molecular complexity index is 873. The third kappa shape index (κ3) is 4.37. The Morgan fingerprint density at radius 3 is 2.60 bits per heavy atom. The van der Waals surface area contributed by atoms with Crippen molar-refractivity contribution in [2.24, 2.45) is 5.73 Å². The number of rotatable bonds is 6. The monoisotopic (exact) mass is 372 g/mol. The van der Waals surface area contributed by atoms with Crippen LogP contribution in [0.1, 0.15) is 22.8 Å². The average Bonchev–Trinajstić information content (AvgIpc) is 3.03. The van der Waals surface area contributed by atoms with Crippen LogP contribution in [0.5, 0.6) is 0 Å². The molecule has 7 heteroatoms. The quantitative estimate of drug-likeness (QED) is 0.528. The van der Waals surface area contributed by atoms with Crippen LogP contribution >= 0.6 is 23.1 Å². The number of para-hydroxylation sites is 1. The smallest absolute Gasteiger partial charge is 0.338 e. The zero-order valence-corrected chi connectivity index (χ0v) is 15.1. The van der Waals surface area contributed by atoms with Crippen molar-refractivity contribution in [2.45, 2.75) is 23.1 Å². The van der Waals surface area contributed by atoms with Crippen LogP contribution in [-0.2, 0) is 15.3 Å². The van der Waals surface area contributed by atoms with E-state index in [4.69, 9.17) is 10.5 Å². The van der Waals surface area contributed by atoms with Crippen LogP contribution in [0.4, 0.5) is 0 Å². The molecule has 1 atom stereocenters. The Kier molecular flexibility index (Phi) is 5.35. The maximum atomic E-state index is 11.9. The summed E-state index contributed by atoms with van der Waals surface area (Å²) in [5.41, 5.74) is 7.56. The maximum absolute atomic E-state index is 11.9. The topological polar surface area (TPSA) is 82.3 Å². The van der Waals surface area contributed by atoms with Crippen LogP contribution in [0.25, 0.3) is 10.2 Å². The first-order chi connectivity index (χ1) is 12.0. The van der Waals surface area contributed by atoms with Crippen LogP contribution in [0.15, 0.2) is 52.9 Å². The highest BCUT2D eigenvalue weighted by Gasteiger charge is 2.16. The number of hydrogen-bond donors (Lipinski definition) is 1.